The van der Waals surface area contributed by atoms with Crippen LogP contribution in [0.2, 0.25) is 0 Å². The number of alkyl halides is 3. The van der Waals surface area contributed by atoms with Gasteiger partial charge in [0.25, 0.3) is 0 Å². The number of benzene rings is 1. The molecule has 5 rings (SSSR count). The predicted molar refractivity (Wildman–Crippen MR) is 143 cm³/mol. The summed E-state index contributed by atoms with van der Waals surface area (Å²) in [7, 11) is 1.91. The average molecular weight is 665 g/mol. The Kier molecular flexibility index (Phi) is 11.9. The van der Waals surface area contributed by atoms with E-state index in [4.69, 9.17) is 0 Å². The second kappa shape index (κ2) is 14.2. The number of aryl methyl sites for hydroxylation is 1. The molecule has 1 aliphatic heterocycles. The number of carbonyl (C=O) groups excluding carboxylic acids is 1. The van der Waals surface area contributed by atoms with Crippen LogP contribution in [0.3, 0.4) is 0 Å². The molecule has 2 heterocycles. The first-order valence-corrected chi connectivity index (χ1v) is 13.2. The molecule has 0 spiro atoms. The Labute approximate surface area is 286 Å². The number of rotatable bonds is 7. The van der Waals surface area contributed by atoms with Gasteiger partial charge in [-0.15, -0.1) is 5.70 Å². The van der Waals surface area contributed by atoms with Crippen LogP contribution in [0.5, 0.6) is 0 Å². The maximum Gasteiger partial charge on any atom is 1.00 e. The summed E-state index contributed by atoms with van der Waals surface area (Å²) in [6, 6.07) is 7.36. The smallest absolute Gasteiger partial charge is 0.436 e. The van der Waals surface area contributed by atoms with E-state index < -0.39 is 11.7 Å². The summed E-state index contributed by atoms with van der Waals surface area (Å²) in [5, 5.41) is 7.26. The van der Waals surface area contributed by atoms with Crippen molar-refractivity contribution in [3.63, 3.8) is 0 Å². The van der Waals surface area contributed by atoms with Gasteiger partial charge in [-0.3, -0.25) is 9.78 Å². The molecule has 2 aromatic rings. The molecule has 2 saturated carbocycles. The molecule has 1 amide bonds. The molecule has 2 N–H and O–H groups in total. The van der Waals surface area contributed by atoms with Crippen LogP contribution in [0.4, 0.5) is 23.2 Å². The van der Waals surface area contributed by atoms with E-state index in [0.717, 1.165) is 25.1 Å². The summed E-state index contributed by atoms with van der Waals surface area (Å²) in [6.45, 7) is 6.88. The molecule has 5 nitrogen and oxygen atoms in total. The Balaban J connectivity index is 0.000000318. The van der Waals surface area contributed by atoms with Crippen molar-refractivity contribution in [1.82, 2.24) is 15.2 Å². The Hall–Kier alpha value is -1.02. The maximum absolute atomic E-state index is 13.3. The van der Waals surface area contributed by atoms with E-state index in [0.29, 0.717) is 71.7 Å². The van der Waals surface area contributed by atoms with E-state index in [1.807, 2.05) is 18.9 Å². The van der Waals surface area contributed by atoms with Gasteiger partial charge in [0.2, 0.25) is 5.91 Å². The van der Waals surface area contributed by atoms with Gasteiger partial charge in [0.15, 0.2) is 0 Å². The first-order chi connectivity index (χ1) is 18.1. The number of fused-ring (bicyclic) bond motifs is 1. The first kappa shape index (κ1) is 32.5. The van der Waals surface area contributed by atoms with Gasteiger partial charge in [0.1, 0.15) is 0 Å². The Morgan fingerprint density at radius 1 is 1.21 bits per heavy atom. The van der Waals surface area contributed by atoms with Crippen LogP contribution < -0.4 is 79.5 Å². The van der Waals surface area contributed by atoms with Crippen LogP contribution in [0.1, 0.15) is 56.8 Å². The van der Waals surface area contributed by atoms with E-state index >= 15 is 0 Å². The maximum atomic E-state index is 13.3. The van der Waals surface area contributed by atoms with Crippen molar-refractivity contribution in [3.8, 4) is 0 Å². The fourth-order valence-corrected chi connectivity index (χ4v) is 4.54. The fraction of sp³-hybridized carbons (Fsp3) is 0.483. The van der Waals surface area contributed by atoms with Gasteiger partial charge in [-0.2, -0.15) is 18.7 Å². The molecule has 0 atom stereocenters. The molecule has 39 heavy (non-hydrogen) atoms. The summed E-state index contributed by atoms with van der Waals surface area (Å²) < 4.78 is 53.2. The van der Waals surface area contributed by atoms with Gasteiger partial charge in [0, 0.05) is 34.1 Å². The summed E-state index contributed by atoms with van der Waals surface area (Å²) in [5.74, 6) is 0.699. The van der Waals surface area contributed by atoms with Crippen LogP contribution in [-0.4, -0.2) is 48.1 Å². The van der Waals surface area contributed by atoms with Gasteiger partial charge in [0.05, 0.1) is 11.3 Å². The monoisotopic (exact) mass is 664 g/mol. The van der Waals surface area contributed by atoms with E-state index in [9.17, 15) is 22.4 Å². The van der Waals surface area contributed by atoms with E-state index in [2.05, 4.69) is 22.2 Å². The van der Waals surface area contributed by atoms with Gasteiger partial charge < -0.3 is 19.9 Å². The zero-order valence-corrected chi connectivity index (χ0v) is 29.2. The quantitative estimate of drug-likeness (QED) is 0.352. The average Bonchev–Trinajstić information content (AvgIpc) is 3.72. The third-order valence-electron chi connectivity index (χ3n) is 7.31. The van der Waals surface area contributed by atoms with Crippen LogP contribution in [0, 0.1) is 12.6 Å². The number of nitrogens with one attached hydrogen (secondary N) is 2. The SMILES string of the molecule is C=C(c1nc(CC)cc2c(NC3=C([CH-]F)CN(C)CC3)cccc12)C(F)(F)F.O=C(NC1CCC1)C1CC1.[Cs+]. The number of pyridine rings is 1. The van der Waals surface area contributed by atoms with Crippen LogP contribution >= 0.6 is 0 Å². The Morgan fingerprint density at radius 2 is 1.92 bits per heavy atom. The van der Waals surface area contributed by atoms with Crippen LogP contribution in [0.25, 0.3) is 16.3 Å². The number of allylic oxidation sites excluding steroid dienone is 1. The summed E-state index contributed by atoms with van der Waals surface area (Å²) in [4.78, 5) is 17.3. The molecule has 1 aromatic heterocycles. The number of carbonyl (C=O) groups is 1. The number of aromatic nitrogens is 1. The number of amides is 1. The van der Waals surface area contributed by atoms with Gasteiger partial charge in [-0.25, -0.2) is 0 Å². The molecule has 0 radical (unpaired) electrons. The van der Waals surface area contributed by atoms with E-state index in [1.165, 1.54) is 19.3 Å². The van der Waals surface area contributed by atoms with Crippen LogP contribution in [0.15, 0.2) is 42.1 Å². The van der Waals surface area contributed by atoms with Gasteiger partial charge in [-0.1, -0.05) is 38.7 Å². The normalized spacial score (nSPS) is 17.9. The molecule has 2 fully saturated rings. The number of nitrogens with zero attached hydrogens (tertiary/aromatic N) is 2. The standard InChI is InChI=1S/C21H22F4N3.C8H13NO.Cs/c1-4-15-10-17-16(20(26-15)13(2)21(23,24)25)6-5-7-19(17)27-18-8-9-28(3)12-14(18)11-22;10-8(6-4-5-6)9-7-2-1-3-7;/h5-7,10-11,27H,2,4,8-9,12H2,1,3H3;6-7H,1-5H2,(H,9,10);/q-1;;+1. The zero-order valence-electron chi connectivity index (χ0n) is 22.9. The minimum atomic E-state index is -4.57. The van der Waals surface area contributed by atoms with Gasteiger partial charge >= 0.3 is 75.1 Å². The number of halogens is 4. The molecular weight excluding hydrogens is 629 g/mol. The topological polar surface area (TPSA) is 57.3 Å². The minimum Gasteiger partial charge on any atom is -0.436 e. The Bertz CT molecular complexity index is 1220. The zero-order chi connectivity index (χ0) is 27.4. The van der Waals surface area contributed by atoms with Gasteiger partial charge in [-0.05, 0) is 70.8 Å². The molecule has 10 heteroatoms. The Morgan fingerprint density at radius 3 is 2.49 bits per heavy atom. The second-order valence-electron chi connectivity index (χ2n) is 10.3. The van der Waals surface area contributed by atoms with Crippen molar-refractivity contribution < 1.29 is 91.2 Å². The summed E-state index contributed by atoms with van der Waals surface area (Å²) in [6.07, 6.45) is 2.50. The number of hydrogen-bond donors (Lipinski definition) is 2. The van der Waals surface area contributed by atoms with Crippen molar-refractivity contribution in [2.75, 3.05) is 25.5 Å². The summed E-state index contributed by atoms with van der Waals surface area (Å²) in [5.41, 5.74) is 1.30. The third kappa shape index (κ3) is 8.50. The minimum absolute atomic E-state index is 0. The molecule has 1 aromatic carbocycles. The molecule has 2 aliphatic carbocycles. The van der Waals surface area contributed by atoms with Crippen molar-refractivity contribution >= 4 is 27.9 Å². The van der Waals surface area contributed by atoms with Crippen LogP contribution in [-0.2, 0) is 11.2 Å². The third-order valence-corrected chi connectivity index (χ3v) is 7.31. The van der Waals surface area contributed by atoms with E-state index in [1.54, 1.807) is 24.3 Å². The second-order valence-corrected chi connectivity index (χ2v) is 10.3. The van der Waals surface area contributed by atoms with Crippen molar-refractivity contribution in [2.24, 2.45) is 5.92 Å². The number of hydrogen-bond acceptors (Lipinski definition) is 4. The van der Waals surface area contributed by atoms with Crippen molar-refractivity contribution in [3.05, 3.63) is 60.2 Å². The molecular formula is C29H35CsF4N4O. The molecule has 0 unspecified atom stereocenters. The molecule has 3 aliphatic rings. The van der Waals surface area contributed by atoms with Crippen molar-refractivity contribution in [1.29, 1.82) is 0 Å². The largest absolute Gasteiger partial charge is 1.00 e. The van der Waals surface area contributed by atoms with Crippen molar-refractivity contribution in [2.45, 2.75) is 64.1 Å². The van der Waals surface area contributed by atoms with E-state index in [-0.39, 0.29) is 74.6 Å². The predicted octanol–water partition coefficient (Wildman–Crippen LogP) is 3.57. The first-order valence-electron chi connectivity index (χ1n) is 13.2. The fourth-order valence-electron chi connectivity index (χ4n) is 4.54. The molecule has 0 saturated heterocycles. The number of anilines is 1. The molecule has 206 valence electrons. The number of likely N-dealkylation sites (N-methyl/N-ethyl adjacent to an activating group) is 1. The summed E-state index contributed by atoms with van der Waals surface area (Å²) >= 11 is 0. The molecule has 0 bridgehead atoms.